The molecule has 6 nitrogen and oxygen atoms in total. The highest BCUT2D eigenvalue weighted by Gasteiger charge is 2.41. The summed E-state index contributed by atoms with van der Waals surface area (Å²) in [5.41, 5.74) is 0. The van der Waals surface area contributed by atoms with Gasteiger partial charge in [0, 0.05) is 20.6 Å². The van der Waals surface area contributed by atoms with Crippen LogP contribution in [0.15, 0.2) is 11.6 Å². The molecule has 0 amide bonds. The highest BCUT2D eigenvalue weighted by Crippen LogP contribution is 2.50. The van der Waals surface area contributed by atoms with Crippen molar-refractivity contribution in [2.75, 3.05) is 14.2 Å². The standard InChI is InChI=1S/C14H27O6PSi/c1-14(2,3)22(6,7)20-11-8-12(19-13(15)9-11)10-21(16,17-4)18-5/h10-11H,8-9H2,1-7H3/b12-10+/t11-/m1/s1. The molecule has 1 saturated heterocycles. The Morgan fingerprint density at radius 1 is 1.23 bits per heavy atom. The minimum atomic E-state index is -3.37. The monoisotopic (exact) mass is 350 g/mol. The average Bonchev–Trinajstić information content (AvgIpc) is 2.35. The molecule has 0 aromatic carbocycles. The van der Waals surface area contributed by atoms with Crippen molar-refractivity contribution in [3.05, 3.63) is 11.6 Å². The zero-order valence-corrected chi connectivity index (χ0v) is 16.4. The van der Waals surface area contributed by atoms with Gasteiger partial charge in [-0.05, 0) is 18.1 Å². The summed E-state index contributed by atoms with van der Waals surface area (Å²) in [4.78, 5) is 11.8. The summed E-state index contributed by atoms with van der Waals surface area (Å²) in [5.74, 6) is 1.15. The lowest BCUT2D eigenvalue weighted by molar-refractivity contribution is -0.145. The van der Waals surface area contributed by atoms with Gasteiger partial charge in [-0.2, -0.15) is 0 Å². The van der Waals surface area contributed by atoms with Crippen LogP contribution >= 0.6 is 7.60 Å². The molecule has 0 aliphatic carbocycles. The third-order valence-corrected chi connectivity index (χ3v) is 10.3. The van der Waals surface area contributed by atoms with E-state index in [0.717, 1.165) is 0 Å². The lowest BCUT2D eigenvalue weighted by atomic mass is 10.1. The van der Waals surface area contributed by atoms with Crippen LogP contribution in [0, 0.1) is 0 Å². The van der Waals surface area contributed by atoms with E-state index < -0.39 is 15.9 Å². The van der Waals surface area contributed by atoms with Crippen LogP contribution in [0.1, 0.15) is 33.6 Å². The maximum Gasteiger partial charge on any atom is 0.357 e. The molecule has 0 aromatic rings. The second-order valence-electron chi connectivity index (χ2n) is 6.88. The Balaban J connectivity index is 2.91. The van der Waals surface area contributed by atoms with Gasteiger partial charge >= 0.3 is 13.6 Å². The van der Waals surface area contributed by atoms with E-state index in [4.69, 9.17) is 18.2 Å². The van der Waals surface area contributed by atoms with Gasteiger partial charge in [0.05, 0.1) is 18.3 Å². The van der Waals surface area contributed by atoms with E-state index in [2.05, 4.69) is 33.9 Å². The topological polar surface area (TPSA) is 71.1 Å². The average molecular weight is 350 g/mol. The van der Waals surface area contributed by atoms with E-state index in [1.165, 1.54) is 20.0 Å². The van der Waals surface area contributed by atoms with Gasteiger partial charge in [0.1, 0.15) is 5.76 Å². The van der Waals surface area contributed by atoms with Crippen LogP contribution in [0.3, 0.4) is 0 Å². The molecule has 0 aromatic heterocycles. The van der Waals surface area contributed by atoms with E-state index in [1.54, 1.807) is 0 Å². The van der Waals surface area contributed by atoms with Gasteiger partial charge in [0.2, 0.25) is 0 Å². The van der Waals surface area contributed by atoms with Crippen molar-refractivity contribution in [1.29, 1.82) is 0 Å². The van der Waals surface area contributed by atoms with Gasteiger partial charge in [0.25, 0.3) is 0 Å². The normalized spacial score (nSPS) is 22.8. The molecule has 8 heteroatoms. The minimum absolute atomic E-state index is 0.0482. The van der Waals surface area contributed by atoms with E-state index in [-0.39, 0.29) is 29.3 Å². The molecule has 128 valence electrons. The molecule has 0 spiro atoms. The first-order chi connectivity index (χ1) is 9.92. The number of carbonyl (C=O) groups excluding carboxylic acids is 1. The van der Waals surface area contributed by atoms with Gasteiger partial charge in [-0.25, -0.2) is 0 Å². The number of hydrogen-bond acceptors (Lipinski definition) is 6. The number of cyclic esters (lactones) is 1. The summed E-state index contributed by atoms with van der Waals surface area (Å²) >= 11 is 0. The number of carbonyl (C=O) groups is 1. The largest absolute Gasteiger partial charge is 0.431 e. The lowest BCUT2D eigenvalue weighted by Gasteiger charge is -2.40. The molecule has 1 atom stereocenters. The van der Waals surface area contributed by atoms with Crippen molar-refractivity contribution in [2.45, 2.75) is 57.8 Å². The fourth-order valence-electron chi connectivity index (χ4n) is 1.82. The van der Waals surface area contributed by atoms with E-state index in [9.17, 15) is 9.36 Å². The van der Waals surface area contributed by atoms with Crippen LogP contribution in [0.25, 0.3) is 0 Å². The molecule has 1 rings (SSSR count). The van der Waals surface area contributed by atoms with Gasteiger partial charge in [-0.1, -0.05) is 20.8 Å². The quantitative estimate of drug-likeness (QED) is 0.423. The number of esters is 1. The van der Waals surface area contributed by atoms with E-state index in [1.807, 2.05) is 0 Å². The van der Waals surface area contributed by atoms with Crippen LogP contribution in [-0.2, 0) is 27.6 Å². The Morgan fingerprint density at radius 2 is 1.77 bits per heavy atom. The molecule has 0 radical (unpaired) electrons. The van der Waals surface area contributed by atoms with Gasteiger partial charge in [0.15, 0.2) is 8.32 Å². The van der Waals surface area contributed by atoms with E-state index >= 15 is 0 Å². The fraction of sp³-hybridized carbons (Fsp3) is 0.786. The number of hydrogen-bond donors (Lipinski definition) is 0. The summed E-state index contributed by atoms with van der Waals surface area (Å²) in [7, 11) is -2.79. The molecule has 0 unspecified atom stereocenters. The molecule has 1 fully saturated rings. The Bertz CT molecular complexity index is 486. The third kappa shape index (κ3) is 5.03. The molecule has 0 N–H and O–H groups in total. The minimum Gasteiger partial charge on any atom is -0.431 e. The maximum absolute atomic E-state index is 12.1. The van der Waals surface area contributed by atoms with Crippen LogP contribution in [0.4, 0.5) is 0 Å². The molecular weight excluding hydrogens is 323 g/mol. The lowest BCUT2D eigenvalue weighted by Crippen LogP contribution is -2.45. The van der Waals surface area contributed by atoms with Crippen LogP contribution in [0.5, 0.6) is 0 Å². The predicted octanol–water partition coefficient (Wildman–Crippen LogP) is 4.04. The Hall–Kier alpha value is -0.463. The Morgan fingerprint density at radius 3 is 2.23 bits per heavy atom. The van der Waals surface area contributed by atoms with Gasteiger partial charge in [-0.3, -0.25) is 9.36 Å². The van der Waals surface area contributed by atoms with Crippen LogP contribution in [-0.4, -0.2) is 34.6 Å². The van der Waals surface area contributed by atoms with E-state index in [0.29, 0.717) is 6.42 Å². The summed E-state index contributed by atoms with van der Waals surface area (Å²) in [6.07, 6.45) is 0.318. The SMILES string of the molecule is COP(=O)(/C=C1\C[C@@H](O[Si](C)(C)C(C)(C)C)CC(=O)O1)OC. The van der Waals surface area contributed by atoms with Crippen molar-refractivity contribution in [3.8, 4) is 0 Å². The smallest absolute Gasteiger partial charge is 0.357 e. The first-order valence-corrected chi connectivity index (χ1v) is 11.8. The van der Waals surface area contributed by atoms with Crippen molar-refractivity contribution in [2.24, 2.45) is 0 Å². The number of ether oxygens (including phenoxy) is 1. The zero-order chi connectivity index (χ0) is 17.2. The molecular formula is C14H27O6PSi. The second-order valence-corrected chi connectivity index (χ2v) is 13.7. The molecule has 1 aliphatic rings. The molecule has 0 bridgehead atoms. The molecule has 1 heterocycles. The summed E-state index contributed by atoms with van der Waals surface area (Å²) < 4.78 is 33.2. The van der Waals surface area contributed by atoms with Crippen molar-refractivity contribution in [3.63, 3.8) is 0 Å². The predicted molar refractivity (Wildman–Crippen MR) is 87.1 cm³/mol. The first-order valence-electron chi connectivity index (χ1n) is 7.24. The van der Waals surface area contributed by atoms with Crippen LogP contribution in [0.2, 0.25) is 18.1 Å². The zero-order valence-electron chi connectivity index (χ0n) is 14.5. The van der Waals surface area contributed by atoms with Gasteiger partial charge in [-0.15, -0.1) is 0 Å². The Labute approximate surface area is 133 Å². The molecule has 22 heavy (non-hydrogen) atoms. The second kappa shape index (κ2) is 6.97. The summed E-state index contributed by atoms with van der Waals surface area (Å²) in [6, 6.07) is 0. The highest BCUT2D eigenvalue weighted by atomic mass is 31.2. The molecule has 1 aliphatic heterocycles. The maximum atomic E-state index is 12.1. The van der Waals surface area contributed by atoms with Crippen molar-refractivity contribution in [1.82, 2.24) is 0 Å². The fourth-order valence-corrected chi connectivity index (χ4v) is 4.05. The van der Waals surface area contributed by atoms with Crippen molar-refractivity contribution >= 4 is 21.9 Å². The first kappa shape index (κ1) is 19.6. The van der Waals surface area contributed by atoms with Gasteiger partial charge < -0.3 is 18.2 Å². The molecule has 0 saturated carbocycles. The van der Waals surface area contributed by atoms with Crippen LogP contribution < -0.4 is 0 Å². The summed E-state index contributed by atoms with van der Waals surface area (Å²) in [6.45, 7) is 10.7. The third-order valence-electron chi connectivity index (χ3n) is 4.15. The number of rotatable bonds is 5. The highest BCUT2D eigenvalue weighted by molar-refractivity contribution is 7.57. The Kier molecular flexibility index (Phi) is 6.20. The van der Waals surface area contributed by atoms with Crippen molar-refractivity contribution < 1.29 is 27.6 Å². The summed E-state index contributed by atoms with van der Waals surface area (Å²) in [5, 5.41) is 0.0482.